The van der Waals surface area contributed by atoms with Gasteiger partial charge in [-0.1, -0.05) is 54.6 Å². The van der Waals surface area contributed by atoms with Crippen LogP contribution in [0.15, 0.2) is 84.9 Å². The van der Waals surface area contributed by atoms with Gasteiger partial charge >= 0.3 is 0 Å². The highest BCUT2D eigenvalue weighted by atomic mass is 19.1. The van der Waals surface area contributed by atoms with Gasteiger partial charge in [0.25, 0.3) is 5.91 Å². The fourth-order valence-electron chi connectivity index (χ4n) is 3.27. The Morgan fingerprint density at radius 2 is 1.73 bits per heavy atom. The number of hydrogen-bond donors (Lipinski definition) is 1. The number of benzene rings is 3. The molecule has 0 saturated heterocycles. The third-order valence-electron chi connectivity index (χ3n) is 4.95. The maximum Gasteiger partial charge on any atom is 0.251 e. The third-order valence-corrected chi connectivity index (χ3v) is 4.95. The van der Waals surface area contributed by atoms with Gasteiger partial charge in [-0.2, -0.15) is 0 Å². The summed E-state index contributed by atoms with van der Waals surface area (Å²) in [5.41, 5.74) is 3.07. The lowest BCUT2D eigenvalue weighted by Crippen LogP contribution is -2.29. The molecule has 0 aliphatic heterocycles. The molecule has 0 radical (unpaired) electrons. The average Bonchev–Trinajstić information content (AvgIpc) is 2.82. The molecule has 0 atom stereocenters. The first-order valence-electron chi connectivity index (χ1n) is 10.7. The Kier molecular flexibility index (Phi) is 8.91. The summed E-state index contributed by atoms with van der Waals surface area (Å²) in [6.07, 6.45) is 3.49. The van der Waals surface area contributed by atoms with E-state index >= 15 is 0 Å². The summed E-state index contributed by atoms with van der Waals surface area (Å²) in [4.78, 5) is 26.7. The van der Waals surface area contributed by atoms with Crippen LogP contribution in [0.25, 0.3) is 6.08 Å². The van der Waals surface area contributed by atoms with Crippen molar-refractivity contribution >= 4 is 23.6 Å². The number of nitrogens with one attached hydrogen (secondary N) is 1. The highest BCUT2D eigenvalue weighted by Crippen LogP contribution is 2.20. The van der Waals surface area contributed by atoms with Crippen LogP contribution in [0.4, 0.5) is 10.1 Å². The van der Waals surface area contributed by atoms with Gasteiger partial charge in [-0.3, -0.25) is 9.59 Å². The first-order valence-corrected chi connectivity index (χ1v) is 10.7. The number of amides is 2. The first kappa shape index (κ1) is 23.9. The van der Waals surface area contributed by atoms with Crippen LogP contribution in [0.3, 0.4) is 0 Å². The van der Waals surface area contributed by atoms with E-state index in [-0.39, 0.29) is 30.6 Å². The maximum atomic E-state index is 13.7. The van der Waals surface area contributed by atoms with Crippen LogP contribution >= 0.6 is 0 Å². The Labute approximate surface area is 193 Å². The molecule has 0 unspecified atom stereocenters. The van der Waals surface area contributed by atoms with Gasteiger partial charge in [-0.05, 0) is 47.0 Å². The number of hydrogen-bond acceptors (Lipinski definition) is 3. The van der Waals surface area contributed by atoms with Crippen LogP contribution < -0.4 is 10.2 Å². The number of nitrogens with zero attached hydrogens (tertiary/aromatic N) is 1. The molecule has 0 bridgehead atoms. The standard InChI is InChI=1S/C27H27FN2O3/c1-33-17-16-29-26(31)19-22-10-13-25(14-11-22)30(20-23-8-5-9-24(28)18-23)27(32)15-12-21-6-3-2-4-7-21/h2-15,18H,16-17,19-20H2,1H3,(H,29,31). The zero-order chi connectivity index (χ0) is 23.5. The Hall–Kier alpha value is -3.77. The van der Waals surface area contributed by atoms with Crippen LogP contribution in [0.2, 0.25) is 0 Å². The van der Waals surface area contributed by atoms with Gasteiger partial charge in [0.1, 0.15) is 5.82 Å². The Bertz CT molecular complexity index is 1080. The molecule has 3 aromatic rings. The maximum absolute atomic E-state index is 13.7. The lowest BCUT2D eigenvalue weighted by Gasteiger charge is -2.22. The van der Waals surface area contributed by atoms with Crippen LogP contribution in [0.5, 0.6) is 0 Å². The molecular weight excluding hydrogens is 419 g/mol. The zero-order valence-electron chi connectivity index (χ0n) is 18.5. The summed E-state index contributed by atoms with van der Waals surface area (Å²) in [5, 5.41) is 2.78. The van der Waals surface area contributed by atoms with Gasteiger partial charge in [0.2, 0.25) is 5.91 Å². The van der Waals surface area contributed by atoms with E-state index in [1.54, 1.807) is 42.4 Å². The van der Waals surface area contributed by atoms with Crippen molar-refractivity contribution in [2.75, 3.05) is 25.2 Å². The normalized spacial score (nSPS) is 10.8. The molecule has 2 amide bonds. The molecule has 0 aliphatic rings. The molecule has 3 aromatic carbocycles. The van der Waals surface area contributed by atoms with Crippen molar-refractivity contribution in [3.8, 4) is 0 Å². The highest BCUT2D eigenvalue weighted by molar-refractivity contribution is 6.03. The lowest BCUT2D eigenvalue weighted by molar-refractivity contribution is -0.120. The van der Waals surface area contributed by atoms with E-state index in [0.29, 0.717) is 24.4 Å². The molecule has 3 rings (SSSR count). The van der Waals surface area contributed by atoms with E-state index in [0.717, 1.165) is 11.1 Å². The molecule has 0 spiro atoms. The minimum Gasteiger partial charge on any atom is -0.383 e. The first-order chi connectivity index (χ1) is 16.0. The molecule has 170 valence electrons. The van der Waals surface area contributed by atoms with Crippen LogP contribution in [-0.4, -0.2) is 32.1 Å². The fourth-order valence-corrected chi connectivity index (χ4v) is 3.27. The number of methoxy groups -OCH3 is 1. The molecule has 0 saturated carbocycles. The number of rotatable bonds is 10. The minimum atomic E-state index is -0.352. The highest BCUT2D eigenvalue weighted by Gasteiger charge is 2.15. The zero-order valence-corrected chi connectivity index (χ0v) is 18.5. The Balaban J connectivity index is 1.77. The number of halogens is 1. The summed E-state index contributed by atoms with van der Waals surface area (Å²) in [5.74, 6) is -0.680. The summed E-state index contributed by atoms with van der Waals surface area (Å²) < 4.78 is 18.6. The molecule has 0 aliphatic carbocycles. The van der Waals surface area contributed by atoms with Crippen molar-refractivity contribution in [2.45, 2.75) is 13.0 Å². The van der Waals surface area contributed by atoms with Crippen LogP contribution in [-0.2, 0) is 27.3 Å². The fraction of sp³-hybridized carbons (Fsp3) is 0.185. The van der Waals surface area contributed by atoms with E-state index < -0.39 is 0 Å². The molecule has 33 heavy (non-hydrogen) atoms. The smallest absolute Gasteiger partial charge is 0.251 e. The van der Waals surface area contributed by atoms with Gasteiger partial charge in [-0.25, -0.2) is 4.39 Å². The second-order valence-electron chi connectivity index (χ2n) is 7.48. The van der Waals surface area contributed by atoms with E-state index in [1.165, 1.54) is 18.2 Å². The summed E-state index contributed by atoms with van der Waals surface area (Å²) in [7, 11) is 1.58. The summed E-state index contributed by atoms with van der Waals surface area (Å²) >= 11 is 0. The molecule has 1 N–H and O–H groups in total. The van der Waals surface area contributed by atoms with Crippen LogP contribution in [0, 0.1) is 5.82 Å². The largest absolute Gasteiger partial charge is 0.383 e. The van der Waals surface area contributed by atoms with Gasteiger partial charge in [0.05, 0.1) is 19.6 Å². The number of carbonyl (C=O) groups excluding carboxylic acids is 2. The molecule has 6 heteroatoms. The van der Waals surface area contributed by atoms with Gasteiger partial charge < -0.3 is 15.0 Å². The van der Waals surface area contributed by atoms with Crippen molar-refractivity contribution in [1.82, 2.24) is 5.32 Å². The quantitative estimate of drug-likeness (QED) is 0.372. The van der Waals surface area contributed by atoms with E-state index in [9.17, 15) is 14.0 Å². The van der Waals surface area contributed by atoms with Gasteiger partial charge in [0.15, 0.2) is 0 Å². The number of ether oxygens (including phenoxy) is 1. The summed E-state index contributed by atoms with van der Waals surface area (Å²) in [6.45, 7) is 1.13. The van der Waals surface area contributed by atoms with Crippen molar-refractivity contribution in [1.29, 1.82) is 0 Å². The van der Waals surface area contributed by atoms with Crippen molar-refractivity contribution in [2.24, 2.45) is 0 Å². The Morgan fingerprint density at radius 1 is 0.970 bits per heavy atom. The molecule has 5 nitrogen and oxygen atoms in total. The van der Waals surface area contributed by atoms with E-state index in [4.69, 9.17) is 4.74 Å². The number of anilines is 1. The molecule has 0 fully saturated rings. The van der Waals surface area contributed by atoms with E-state index in [2.05, 4.69) is 5.32 Å². The summed E-state index contributed by atoms with van der Waals surface area (Å²) in [6, 6.07) is 23.0. The topological polar surface area (TPSA) is 58.6 Å². The minimum absolute atomic E-state index is 0.0988. The predicted molar refractivity (Wildman–Crippen MR) is 128 cm³/mol. The van der Waals surface area contributed by atoms with Crippen molar-refractivity contribution in [3.63, 3.8) is 0 Å². The number of carbonyl (C=O) groups is 2. The molecular formula is C27H27FN2O3. The predicted octanol–water partition coefficient (Wildman–Crippen LogP) is 4.38. The third kappa shape index (κ3) is 7.70. The van der Waals surface area contributed by atoms with Gasteiger partial charge in [-0.15, -0.1) is 0 Å². The second-order valence-corrected chi connectivity index (χ2v) is 7.48. The van der Waals surface area contributed by atoms with E-state index in [1.807, 2.05) is 42.5 Å². The van der Waals surface area contributed by atoms with Crippen molar-refractivity contribution < 1.29 is 18.7 Å². The Morgan fingerprint density at radius 3 is 2.42 bits per heavy atom. The second kappa shape index (κ2) is 12.3. The molecule has 0 aromatic heterocycles. The average molecular weight is 447 g/mol. The SMILES string of the molecule is COCCNC(=O)Cc1ccc(N(Cc2cccc(F)c2)C(=O)C=Cc2ccccc2)cc1. The molecule has 0 heterocycles. The monoisotopic (exact) mass is 446 g/mol. The van der Waals surface area contributed by atoms with Crippen LogP contribution in [0.1, 0.15) is 16.7 Å². The van der Waals surface area contributed by atoms with Gasteiger partial charge in [0, 0.05) is 25.4 Å². The lowest BCUT2D eigenvalue weighted by atomic mass is 10.1. The van der Waals surface area contributed by atoms with Crippen molar-refractivity contribution in [3.05, 3.63) is 107 Å².